The van der Waals surface area contributed by atoms with Crippen LogP contribution >= 0.6 is 11.6 Å². The number of aromatic nitrogens is 4. The number of imidazole rings is 1. The van der Waals surface area contributed by atoms with Crippen molar-refractivity contribution in [2.45, 2.75) is 6.92 Å². The van der Waals surface area contributed by atoms with Crippen LogP contribution in [0.5, 0.6) is 5.75 Å². The van der Waals surface area contributed by atoms with Crippen molar-refractivity contribution in [1.82, 2.24) is 19.9 Å². The summed E-state index contributed by atoms with van der Waals surface area (Å²) in [6.07, 6.45) is 3.64. The zero-order valence-corrected chi connectivity index (χ0v) is 12.5. The zero-order chi connectivity index (χ0) is 15.9. The number of nitrogens with two attached hydrogens (primary N) is 1. The molecule has 0 atom stereocenters. The highest BCUT2D eigenvalue weighted by atomic mass is 35.5. The molecule has 1 aromatic carbocycles. The molecule has 0 spiro atoms. The second kappa shape index (κ2) is 7.37. The number of carbonyl (C=O) groups excluding carboxylic acids is 1. The fraction of sp³-hybridized carbons (Fsp3) is 0.143. The number of ether oxygens (including phenoxy) is 1. The van der Waals surface area contributed by atoms with E-state index in [1.54, 1.807) is 18.2 Å². The van der Waals surface area contributed by atoms with Gasteiger partial charge in [-0.3, -0.25) is 4.79 Å². The Bertz CT molecular complexity index is 775. The molecule has 0 unspecified atom stereocenters. The number of rotatable bonds is 3. The number of benzene rings is 1. The van der Waals surface area contributed by atoms with Gasteiger partial charge >= 0.3 is 0 Å². The van der Waals surface area contributed by atoms with Crippen LogP contribution < -0.4 is 10.5 Å². The van der Waals surface area contributed by atoms with Crippen LogP contribution in [0.3, 0.4) is 0 Å². The number of nitrogens with zero attached hydrogens (tertiary/aromatic N) is 3. The van der Waals surface area contributed by atoms with Crippen LogP contribution in [0.2, 0.25) is 5.02 Å². The summed E-state index contributed by atoms with van der Waals surface area (Å²) in [5.41, 5.74) is 7.24. The molecule has 0 bridgehead atoms. The van der Waals surface area contributed by atoms with Gasteiger partial charge in [0.25, 0.3) is 0 Å². The molecule has 0 amide bonds. The summed E-state index contributed by atoms with van der Waals surface area (Å²) < 4.78 is 5.19. The molecule has 7 nitrogen and oxygen atoms in total. The molecule has 0 radical (unpaired) electrons. The maximum absolute atomic E-state index is 10.4. The topological polar surface area (TPSA) is 107 Å². The third-order valence-corrected chi connectivity index (χ3v) is 3.08. The van der Waals surface area contributed by atoms with Crippen molar-refractivity contribution in [3.05, 3.63) is 41.4 Å². The van der Waals surface area contributed by atoms with Crippen molar-refractivity contribution < 1.29 is 9.53 Å². The Morgan fingerprint density at radius 3 is 2.86 bits per heavy atom. The van der Waals surface area contributed by atoms with Gasteiger partial charge in [0.1, 0.15) is 17.6 Å². The number of nitrogen functional groups attached to an aromatic ring is 1. The van der Waals surface area contributed by atoms with Crippen LogP contribution in [0.4, 0.5) is 5.82 Å². The maximum Gasteiger partial charge on any atom is 0.182 e. The quantitative estimate of drug-likeness (QED) is 0.718. The Labute approximate surface area is 131 Å². The van der Waals surface area contributed by atoms with Crippen molar-refractivity contribution in [2.75, 3.05) is 12.3 Å². The van der Waals surface area contributed by atoms with Gasteiger partial charge in [-0.25, -0.2) is 15.0 Å². The van der Waals surface area contributed by atoms with E-state index in [2.05, 4.69) is 19.9 Å². The average Bonchev–Trinajstić information content (AvgIpc) is 3.00. The molecule has 0 fully saturated rings. The first kappa shape index (κ1) is 15.7. The number of fused-ring (bicyclic) bond motifs is 1. The van der Waals surface area contributed by atoms with Gasteiger partial charge in [0.2, 0.25) is 0 Å². The number of aldehydes is 1. The molecule has 2 aromatic heterocycles. The number of hydrogen-bond donors (Lipinski definition) is 2. The number of anilines is 1. The number of aromatic amines is 1. The summed E-state index contributed by atoms with van der Waals surface area (Å²) in [4.78, 5) is 24.8. The lowest BCUT2D eigenvalue weighted by Gasteiger charge is -2.05. The lowest BCUT2D eigenvalue weighted by Crippen LogP contribution is -1.93. The molecule has 3 aromatic rings. The first-order chi connectivity index (χ1) is 10.7. The molecule has 2 heterocycles. The lowest BCUT2D eigenvalue weighted by molar-refractivity contribution is 0.112. The van der Waals surface area contributed by atoms with Crippen LogP contribution in [0, 0.1) is 0 Å². The predicted molar refractivity (Wildman–Crippen MR) is 84.1 cm³/mol. The van der Waals surface area contributed by atoms with E-state index in [1.165, 1.54) is 12.7 Å². The van der Waals surface area contributed by atoms with E-state index in [9.17, 15) is 4.79 Å². The van der Waals surface area contributed by atoms with Crippen molar-refractivity contribution in [1.29, 1.82) is 0 Å². The van der Waals surface area contributed by atoms with E-state index in [-0.39, 0.29) is 0 Å². The lowest BCUT2D eigenvalue weighted by atomic mass is 10.2. The Hall–Kier alpha value is -2.67. The van der Waals surface area contributed by atoms with E-state index < -0.39 is 0 Å². The fourth-order valence-electron chi connectivity index (χ4n) is 1.67. The van der Waals surface area contributed by atoms with Gasteiger partial charge < -0.3 is 15.5 Å². The Morgan fingerprint density at radius 2 is 2.18 bits per heavy atom. The molecule has 0 aliphatic rings. The molecule has 0 saturated carbocycles. The number of halogens is 1. The summed E-state index contributed by atoms with van der Waals surface area (Å²) in [7, 11) is 0. The van der Waals surface area contributed by atoms with Gasteiger partial charge in [0.05, 0.1) is 18.0 Å². The second-order valence-corrected chi connectivity index (χ2v) is 4.45. The summed E-state index contributed by atoms with van der Waals surface area (Å²) in [5.74, 6) is 0.992. The standard InChI is InChI=1S/C9H9ClO2.C5H5N5/c1-2-12-8-5-3-4-7(6-11)9(8)10;6-4-3-5(9-1-7-3)10-2-8-4/h3-6H,2H2,1H3;1-2H,(H3,6,7,8,9,10). The van der Waals surface area contributed by atoms with Crippen LogP contribution in [0.25, 0.3) is 11.2 Å². The second-order valence-electron chi connectivity index (χ2n) is 4.07. The van der Waals surface area contributed by atoms with Crippen molar-refractivity contribution >= 4 is 34.9 Å². The summed E-state index contributed by atoms with van der Waals surface area (Å²) in [6.45, 7) is 2.41. The minimum atomic E-state index is 0.384. The molecule has 3 rings (SSSR count). The third-order valence-electron chi connectivity index (χ3n) is 2.67. The molecule has 0 saturated heterocycles. The Kier molecular flexibility index (Phi) is 5.26. The number of hydrogen-bond acceptors (Lipinski definition) is 6. The first-order valence-corrected chi connectivity index (χ1v) is 6.81. The fourth-order valence-corrected chi connectivity index (χ4v) is 1.89. The van der Waals surface area contributed by atoms with Crippen LogP contribution in [-0.2, 0) is 0 Å². The smallest absolute Gasteiger partial charge is 0.182 e. The Morgan fingerprint density at radius 1 is 1.36 bits per heavy atom. The van der Waals surface area contributed by atoms with Crippen LogP contribution in [0.1, 0.15) is 17.3 Å². The first-order valence-electron chi connectivity index (χ1n) is 6.43. The van der Waals surface area contributed by atoms with Gasteiger partial charge in [0, 0.05) is 5.56 Å². The monoisotopic (exact) mass is 319 g/mol. The van der Waals surface area contributed by atoms with Crippen LogP contribution in [0.15, 0.2) is 30.9 Å². The average molecular weight is 320 g/mol. The zero-order valence-electron chi connectivity index (χ0n) is 11.8. The van der Waals surface area contributed by atoms with E-state index in [0.29, 0.717) is 46.2 Å². The normalized spacial score (nSPS) is 9.91. The van der Waals surface area contributed by atoms with E-state index in [0.717, 1.165) is 0 Å². The molecule has 3 N–H and O–H groups in total. The van der Waals surface area contributed by atoms with Gasteiger partial charge in [0.15, 0.2) is 17.8 Å². The maximum atomic E-state index is 10.4. The molecule has 8 heteroatoms. The summed E-state index contributed by atoms with van der Waals surface area (Å²) in [6, 6.07) is 5.12. The number of H-pyrrole nitrogens is 1. The number of nitrogens with one attached hydrogen (secondary N) is 1. The highest BCUT2D eigenvalue weighted by Crippen LogP contribution is 2.26. The van der Waals surface area contributed by atoms with Crippen molar-refractivity contribution in [3.63, 3.8) is 0 Å². The van der Waals surface area contributed by atoms with Crippen LogP contribution in [-0.4, -0.2) is 32.8 Å². The highest BCUT2D eigenvalue weighted by Gasteiger charge is 2.04. The molecule has 114 valence electrons. The predicted octanol–water partition coefficient (Wildman–Crippen LogP) is 2.49. The van der Waals surface area contributed by atoms with Gasteiger partial charge in [-0.15, -0.1) is 0 Å². The summed E-state index contributed by atoms with van der Waals surface area (Å²) >= 11 is 5.83. The largest absolute Gasteiger partial charge is 0.492 e. The van der Waals surface area contributed by atoms with Gasteiger partial charge in [-0.05, 0) is 19.1 Å². The highest BCUT2D eigenvalue weighted by molar-refractivity contribution is 6.34. The Balaban J connectivity index is 0.000000162. The molecular weight excluding hydrogens is 306 g/mol. The number of carbonyl (C=O) groups is 1. The summed E-state index contributed by atoms with van der Waals surface area (Å²) in [5, 5.41) is 0.384. The molecule has 0 aliphatic carbocycles. The molecular formula is C14H14ClN5O2. The minimum Gasteiger partial charge on any atom is -0.492 e. The minimum absolute atomic E-state index is 0.384. The van der Waals surface area contributed by atoms with E-state index >= 15 is 0 Å². The SMILES string of the molecule is CCOc1cccc(C=O)c1Cl.Nc1ncnc2nc[nH]c12. The van der Waals surface area contributed by atoms with Gasteiger partial charge in [-0.1, -0.05) is 17.7 Å². The van der Waals surface area contributed by atoms with Gasteiger partial charge in [-0.2, -0.15) is 0 Å². The molecule has 0 aliphatic heterocycles. The van der Waals surface area contributed by atoms with Crippen molar-refractivity contribution in [3.8, 4) is 5.75 Å². The van der Waals surface area contributed by atoms with E-state index in [4.69, 9.17) is 22.1 Å². The molecule has 22 heavy (non-hydrogen) atoms. The third kappa shape index (κ3) is 3.50. The van der Waals surface area contributed by atoms with E-state index in [1.807, 2.05) is 6.92 Å². The van der Waals surface area contributed by atoms with Crippen molar-refractivity contribution in [2.24, 2.45) is 0 Å².